The summed E-state index contributed by atoms with van der Waals surface area (Å²) in [6.45, 7) is 3.09. The predicted octanol–water partition coefficient (Wildman–Crippen LogP) is 5.78. The molecule has 0 saturated carbocycles. The van der Waals surface area contributed by atoms with Crippen molar-refractivity contribution in [3.05, 3.63) is 71.3 Å². The number of thiocarbonyl (C=S) groups is 1. The van der Waals surface area contributed by atoms with Crippen molar-refractivity contribution in [2.24, 2.45) is 0 Å². The van der Waals surface area contributed by atoms with Crippen molar-refractivity contribution in [1.29, 1.82) is 0 Å². The highest BCUT2D eigenvalue weighted by Crippen LogP contribution is 2.35. The summed E-state index contributed by atoms with van der Waals surface area (Å²) in [5.41, 5.74) is 3.31. The summed E-state index contributed by atoms with van der Waals surface area (Å²) in [7, 11) is 0. The van der Waals surface area contributed by atoms with Gasteiger partial charge in [-0.2, -0.15) is 5.10 Å². The number of rotatable bonds is 11. The van der Waals surface area contributed by atoms with Gasteiger partial charge in [-0.3, -0.25) is 14.5 Å². The fourth-order valence-corrected chi connectivity index (χ4v) is 5.00. The number of aromatic nitrogens is 2. The molecule has 2 aromatic carbocycles. The molecule has 1 amide bonds. The molecule has 7 nitrogen and oxygen atoms in total. The fraction of sp³-hybridized carbons (Fsp3) is 0.259. The van der Waals surface area contributed by atoms with Gasteiger partial charge in [0, 0.05) is 30.3 Å². The van der Waals surface area contributed by atoms with Gasteiger partial charge in [-0.15, -0.1) is 0 Å². The van der Waals surface area contributed by atoms with Gasteiger partial charge in [0.05, 0.1) is 22.9 Å². The number of nitrogens with zero attached hydrogens (tertiary/aromatic N) is 3. The number of amides is 1. The van der Waals surface area contributed by atoms with Crippen LogP contribution in [0.5, 0.6) is 5.75 Å². The van der Waals surface area contributed by atoms with Crippen LogP contribution in [0.3, 0.4) is 0 Å². The van der Waals surface area contributed by atoms with Crippen molar-refractivity contribution in [2.75, 3.05) is 13.2 Å². The summed E-state index contributed by atoms with van der Waals surface area (Å²) in [4.78, 5) is 25.9. The summed E-state index contributed by atoms with van der Waals surface area (Å²) in [6, 6.07) is 17.6. The average Bonchev–Trinajstić information content (AvgIpc) is 3.41. The molecule has 0 aliphatic carbocycles. The number of unbranched alkanes of at least 4 members (excludes halogenated alkanes) is 1. The third-order valence-electron chi connectivity index (χ3n) is 5.59. The van der Waals surface area contributed by atoms with Crippen molar-refractivity contribution in [3.63, 3.8) is 0 Å². The Labute approximate surface area is 219 Å². The third-order valence-corrected chi connectivity index (χ3v) is 6.97. The van der Waals surface area contributed by atoms with Crippen molar-refractivity contribution >= 4 is 46.3 Å². The zero-order valence-corrected chi connectivity index (χ0v) is 21.6. The zero-order chi connectivity index (χ0) is 25.5. The van der Waals surface area contributed by atoms with E-state index in [4.69, 9.17) is 27.2 Å². The Kier molecular flexibility index (Phi) is 8.56. The van der Waals surface area contributed by atoms with Crippen LogP contribution in [0.15, 0.2) is 65.7 Å². The van der Waals surface area contributed by atoms with E-state index in [1.165, 1.54) is 16.7 Å². The Hall–Kier alpha value is -3.43. The van der Waals surface area contributed by atoms with Crippen LogP contribution in [0.25, 0.3) is 23.0 Å². The van der Waals surface area contributed by atoms with E-state index in [-0.39, 0.29) is 18.9 Å². The van der Waals surface area contributed by atoms with Crippen LogP contribution >= 0.6 is 24.0 Å². The van der Waals surface area contributed by atoms with E-state index in [1.807, 2.05) is 66.9 Å². The Balaban J connectivity index is 1.64. The topological polar surface area (TPSA) is 84.7 Å². The number of carboxylic acids is 1. The van der Waals surface area contributed by atoms with E-state index in [0.29, 0.717) is 22.3 Å². The van der Waals surface area contributed by atoms with Crippen molar-refractivity contribution in [1.82, 2.24) is 14.7 Å². The van der Waals surface area contributed by atoms with Gasteiger partial charge in [0.2, 0.25) is 0 Å². The standard InChI is InChI=1S/C27H27N3O4S2/c1-2-3-16-34-22-13-11-19(12-14-22)25-20(18-30(28-25)21-8-5-4-6-9-21)17-23-26(33)29(27(35)36-23)15-7-10-24(31)32/h4-6,8-9,11-14,17-18H,2-3,7,10,15-16H2,1H3,(H,31,32)/b23-17+. The molecule has 186 valence electrons. The zero-order valence-electron chi connectivity index (χ0n) is 19.9. The molecule has 0 spiro atoms. The van der Waals surface area contributed by atoms with Crippen LogP contribution in [0.1, 0.15) is 38.2 Å². The van der Waals surface area contributed by atoms with Crippen LogP contribution in [0, 0.1) is 0 Å². The first-order chi connectivity index (χ1) is 17.5. The van der Waals surface area contributed by atoms with Gasteiger partial charge in [-0.1, -0.05) is 55.5 Å². The summed E-state index contributed by atoms with van der Waals surface area (Å²) in [5, 5.41) is 13.7. The molecule has 1 aliphatic rings. The lowest BCUT2D eigenvalue weighted by Crippen LogP contribution is -2.29. The molecular weight excluding hydrogens is 494 g/mol. The average molecular weight is 522 g/mol. The number of aliphatic carboxylic acids is 1. The van der Waals surface area contributed by atoms with Gasteiger partial charge in [0.15, 0.2) is 0 Å². The molecule has 0 atom stereocenters. The molecule has 36 heavy (non-hydrogen) atoms. The molecule has 1 N–H and O–H groups in total. The normalized spacial score (nSPS) is 14.6. The molecule has 3 aromatic rings. The quantitative estimate of drug-likeness (QED) is 0.194. The number of hydrogen-bond donors (Lipinski definition) is 1. The number of carboxylic acid groups (broad SMARTS) is 1. The van der Waals surface area contributed by atoms with E-state index in [2.05, 4.69) is 6.92 Å². The lowest BCUT2D eigenvalue weighted by molar-refractivity contribution is -0.137. The number of carbonyl (C=O) groups excluding carboxylic acids is 1. The van der Waals surface area contributed by atoms with Crippen molar-refractivity contribution < 1.29 is 19.4 Å². The van der Waals surface area contributed by atoms with E-state index < -0.39 is 5.97 Å². The van der Waals surface area contributed by atoms with Gasteiger partial charge in [-0.05, 0) is 55.3 Å². The van der Waals surface area contributed by atoms with Gasteiger partial charge in [-0.25, -0.2) is 4.68 Å². The lowest BCUT2D eigenvalue weighted by Gasteiger charge is -2.13. The first-order valence-electron chi connectivity index (χ1n) is 11.8. The first kappa shape index (κ1) is 25.7. The first-order valence-corrected chi connectivity index (χ1v) is 13.0. The van der Waals surface area contributed by atoms with Crippen LogP contribution in [0.2, 0.25) is 0 Å². The maximum Gasteiger partial charge on any atom is 0.303 e. The number of benzene rings is 2. The Morgan fingerprint density at radius 2 is 1.89 bits per heavy atom. The molecule has 1 fully saturated rings. The summed E-state index contributed by atoms with van der Waals surface area (Å²) in [5.74, 6) is -0.303. The summed E-state index contributed by atoms with van der Waals surface area (Å²) >= 11 is 6.62. The minimum atomic E-state index is -0.893. The largest absolute Gasteiger partial charge is 0.494 e. The summed E-state index contributed by atoms with van der Waals surface area (Å²) in [6.07, 6.45) is 6.12. The predicted molar refractivity (Wildman–Crippen MR) is 146 cm³/mol. The van der Waals surface area contributed by atoms with E-state index in [0.717, 1.165) is 41.1 Å². The van der Waals surface area contributed by atoms with E-state index >= 15 is 0 Å². The lowest BCUT2D eigenvalue weighted by atomic mass is 10.1. The maximum absolute atomic E-state index is 13.0. The number of hydrogen-bond acceptors (Lipinski definition) is 6. The Morgan fingerprint density at radius 1 is 1.14 bits per heavy atom. The molecule has 9 heteroatoms. The summed E-state index contributed by atoms with van der Waals surface area (Å²) < 4.78 is 8.02. The second-order valence-corrected chi connectivity index (χ2v) is 9.95. The highest BCUT2D eigenvalue weighted by molar-refractivity contribution is 8.26. The highest BCUT2D eigenvalue weighted by Gasteiger charge is 2.32. The number of thioether (sulfide) groups is 1. The van der Waals surface area contributed by atoms with Crippen LogP contribution in [-0.4, -0.2) is 49.1 Å². The SMILES string of the molecule is CCCCOc1ccc(-c2nn(-c3ccccc3)cc2/C=C2/SC(=S)N(CCCC(=O)O)C2=O)cc1. The Bertz CT molecular complexity index is 1270. The minimum absolute atomic E-state index is 0.0117. The molecule has 0 radical (unpaired) electrons. The van der Waals surface area contributed by atoms with Gasteiger partial charge in [0.1, 0.15) is 10.1 Å². The van der Waals surface area contributed by atoms with Gasteiger partial charge < -0.3 is 9.84 Å². The molecule has 1 aromatic heterocycles. The molecule has 1 saturated heterocycles. The number of carbonyl (C=O) groups is 2. The molecular formula is C27H27N3O4S2. The maximum atomic E-state index is 13.0. The smallest absolute Gasteiger partial charge is 0.303 e. The van der Waals surface area contributed by atoms with Gasteiger partial charge in [0.25, 0.3) is 5.91 Å². The Morgan fingerprint density at radius 3 is 2.58 bits per heavy atom. The van der Waals surface area contributed by atoms with Crippen molar-refractivity contribution in [2.45, 2.75) is 32.6 Å². The van der Waals surface area contributed by atoms with Crippen molar-refractivity contribution in [3.8, 4) is 22.7 Å². The molecule has 4 rings (SSSR count). The number of ether oxygens (including phenoxy) is 1. The highest BCUT2D eigenvalue weighted by atomic mass is 32.2. The third kappa shape index (κ3) is 6.22. The fourth-order valence-electron chi connectivity index (χ4n) is 3.70. The molecule has 0 bridgehead atoms. The van der Waals surface area contributed by atoms with Crippen LogP contribution < -0.4 is 4.74 Å². The number of para-hydroxylation sites is 1. The molecule has 1 aliphatic heterocycles. The van der Waals surface area contributed by atoms with E-state index in [1.54, 1.807) is 4.68 Å². The second-order valence-electron chi connectivity index (χ2n) is 8.27. The monoisotopic (exact) mass is 521 g/mol. The second kappa shape index (κ2) is 12.0. The molecule has 0 unspecified atom stereocenters. The minimum Gasteiger partial charge on any atom is -0.494 e. The van der Waals surface area contributed by atoms with Crippen LogP contribution in [0.4, 0.5) is 0 Å². The van der Waals surface area contributed by atoms with E-state index in [9.17, 15) is 9.59 Å². The van der Waals surface area contributed by atoms with Crippen LogP contribution in [-0.2, 0) is 9.59 Å². The molecule has 2 heterocycles. The van der Waals surface area contributed by atoms with Gasteiger partial charge >= 0.3 is 5.97 Å².